The second-order valence-electron chi connectivity index (χ2n) is 6.04. The van der Waals surface area contributed by atoms with E-state index in [4.69, 9.17) is 0 Å². The summed E-state index contributed by atoms with van der Waals surface area (Å²) in [5, 5.41) is 6.50. The highest BCUT2D eigenvalue weighted by molar-refractivity contribution is 5.78. The standard InChI is InChI=1S/C14H27N3O/c1-11(2)17(9-12-5-7-15-8-6-12)10-13-3-4-14(18)16-13/h11-13,15H,3-10H2,1-2H3,(H,16,18). The van der Waals surface area contributed by atoms with Crippen molar-refractivity contribution in [2.45, 2.75) is 51.6 Å². The third-order valence-electron chi connectivity index (χ3n) is 4.22. The maximum absolute atomic E-state index is 11.3. The summed E-state index contributed by atoms with van der Waals surface area (Å²) in [5.41, 5.74) is 0. The van der Waals surface area contributed by atoms with Crippen LogP contribution in [0.5, 0.6) is 0 Å². The number of nitrogens with one attached hydrogen (secondary N) is 2. The van der Waals surface area contributed by atoms with Crippen molar-refractivity contribution in [2.75, 3.05) is 26.2 Å². The van der Waals surface area contributed by atoms with Crippen LogP contribution in [0.4, 0.5) is 0 Å². The van der Waals surface area contributed by atoms with Gasteiger partial charge in [0.15, 0.2) is 0 Å². The smallest absolute Gasteiger partial charge is 0.220 e. The minimum absolute atomic E-state index is 0.227. The summed E-state index contributed by atoms with van der Waals surface area (Å²) in [7, 11) is 0. The van der Waals surface area contributed by atoms with Crippen LogP contribution in [0, 0.1) is 5.92 Å². The quantitative estimate of drug-likeness (QED) is 0.767. The molecule has 0 aromatic heterocycles. The Morgan fingerprint density at radius 1 is 1.22 bits per heavy atom. The minimum atomic E-state index is 0.227. The van der Waals surface area contributed by atoms with Crippen molar-refractivity contribution in [3.05, 3.63) is 0 Å². The molecule has 0 saturated carbocycles. The predicted octanol–water partition coefficient (Wildman–Crippen LogP) is 0.975. The van der Waals surface area contributed by atoms with Gasteiger partial charge in [-0.2, -0.15) is 0 Å². The lowest BCUT2D eigenvalue weighted by atomic mass is 9.96. The first kappa shape index (κ1) is 13.8. The summed E-state index contributed by atoms with van der Waals surface area (Å²) in [6.45, 7) is 9.06. The molecule has 0 aromatic carbocycles. The summed E-state index contributed by atoms with van der Waals surface area (Å²) < 4.78 is 0. The minimum Gasteiger partial charge on any atom is -0.352 e. The average Bonchev–Trinajstić information content (AvgIpc) is 2.75. The van der Waals surface area contributed by atoms with E-state index >= 15 is 0 Å². The summed E-state index contributed by atoms with van der Waals surface area (Å²) >= 11 is 0. The summed E-state index contributed by atoms with van der Waals surface area (Å²) in [4.78, 5) is 13.8. The normalized spacial score (nSPS) is 26.0. The SMILES string of the molecule is CC(C)N(CC1CCNCC1)CC1CCC(=O)N1. The second kappa shape index (κ2) is 6.53. The Labute approximate surface area is 110 Å². The van der Waals surface area contributed by atoms with E-state index in [0.29, 0.717) is 18.5 Å². The van der Waals surface area contributed by atoms with Gasteiger partial charge in [0.25, 0.3) is 0 Å². The van der Waals surface area contributed by atoms with Gasteiger partial charge < -0.3 is 10.6 Å². The van der Waals surface area contributed by atoms with Crippen molar-refractivity contribution in [1.29, 1.82) is 0 Å². The molecule has 2 heterocycles. The van der Waals surface area contributed by atoms with Crippen LogP contribution in [-0.2, 0) is 4.79 Å². The van der Waals surface area contributed by atoms with Crippen LogP contribution >= 0.6 is 0 Å². The number of hydrogen-bond acceptors (Lipinski definition) is 3. The average molecular weight is 253 g/mol. The van der Waals surface area contributed by atoms with Crippen LogP contribution in [-0.4, -0.2) is 49.1 Å². The zero-order valence-corrected chi connectivity index (χ0v) is 11.7. The van der Waals surface area contributed by atoms with Crippen molar-refractivity contribution in [3.63, 3.8) is 0 Å². The van der Waals surface area contributed by atoms with Crippen molar-refractivity contribution in [1.82, 2.24) is 15.5 Å². The summed E-state index contributed by atoms with van der Waals surface area (Å²) in [5.74, 6) is 1.05. The number of carbonyl (C=O) groups is 1. The van der Waals surface area contributed by atoms with Crippen LogP contribution in [0.2, 0.25) is 0 Å². The lowest BCUT2D eigenvalue weighted by Gasteiger charge is -2.34. The Morgan fingerprint density at radius 3 is 2.50 bits per heavy atom. The predicted molar refractivity (Wildman–Crippen MR) is 73.5 cm³/mol. The van der Waals surface area contributed by atoms with Crippen LogP contribution in [0.1, 0.15) is 39.5 Å². The van der Waals surface area contributed by atoms with E-state index in [2.05, 4.69) is 29.4 Å². The van der Waals surface area contributed by atoms with Crippen molar-refractivity contribution < 1.29 is 4.79 Å². The molecule has 2 saturated heterocycles. The van der Waals surface area contributed by atoms with Gasteiger partial charge in [0.1, 0.15) is 0 Å². The fourth-order valence-electron chi connectivity index (χ4n) is 2.99. The summed E-state index contributed by atoms with van der Waals surface area (Å²) in [6, 6.07) is 0.944. The number of hydrogen-bond donors (Lipinski definition) is 2. The zero-order chi connectivity index (χ0) is 13.0. The number of rotatable bonds is 5. The highest BCUT2D eigenvalue weighted by Crippen LogP contribution is 2.17. The zero-order valence-electron chi connectivity index (χ0n) is 11.7. The molecule has 104 valence electrons. The van der Waals surface area contributed by atoms with Gasteiger partial charge in [0, 0.05) is 31.6 Å². The van der Waals surface area contributed by atoms with E-state index in [1.54, 1.807) is 0 Å². The van der Waals surface area contributed by atoms with Crippen LogP contribution in [0.3, 0.4) is 0 Å². The molecule has 0 spiro atoms. The molecule has 1 amide bonds. The second-order valence-corrected chi connectivity index (χ2v) is 6.04. The van der Waals surface area contributed by atoms with E-state index in [1.807, 2.05) is 0 Å². The molecular formula is C14H27N3O. The third kappa shape index (κ3) is 3.95. The van der Waals surface area contributed by atoms with Gasteiger partial charge in [0.05, 0.1) is 0 Å². The monoisotopic (exact) mass is 253 g/mol. The first-order valence-corrected chi connectivity index (χ1v) is 7.39. The Morgan fingerprint density at radius 2 is 1.94 bits per heavy atom. The fourth-order valence-corrected chi connectivity index (χ4v) is 2.99. The Balaban J connectivity index is 1.81. The Hall–Kier alpha value is -0.610. The maximum Gasteiger partial charge on any atom is 0.220 e. The molecule has 0 aromatic rings. The van der Waals surface area contributed by atoms with Crippen molar-refractivity contribution in [2.24, 2.45) is 5.92 Å². The maximum atomic E-state index is 11.3. The molecule has 18 heavy (non-hydrogen) atoms. The molecule has 4 heteroatoms. The molecule has 2 aliphatic heterocycles. The molecule has 2 fully saturated rings. The molecule has 1 unspecified atom stereocenters. The molecule has 2 N–H and O–H groups in total. The van der Waals surface area contributed by atoms with Gasteiger partial charge in [0.2, 0.25) is 5.91 Å². The number of amides is 1. The highest BCUT2D eigenvalue weighted by Gasteiger charge is 2.25. The van der Waals surface area contributed by atoms with Gasteiger partial charge >= 0.3 is 0 Å². The van der Waals surface area contributed by atoms with Crippen LogP contribution < -0.4 is 10.6 Å². The lowest BCUT2D eigenvalue weighted by Crippen LogP contribution is -2.45. The van der Waals surface area contributed by atoms with Gasteiger partial charge in [-0.25, -0.2) is 0 Å². The van der Waals surface area contributed by atoms with Crippen LogP contribution in [0.25, 0.3) is 0 Å². The molecular weight excluding hydrogens is 226 g/mol. The molecule has 0 bridgehead atoms. The fraction of sp³-hybridized carbons (Fsp3) is 0.929. The van der Waals surface area contributed by atoms with Gasteiger partial charge in [-0.05, 0) is 52.1 Å². The van der Waals surface area contributed by atoms with E-state index < -0.39 is 0 Å². The van der Waals surface area contributed by atoms with Crippen LogP contribution in [0.15, 0.2) is 0 Å². The number of carbonyl (C=O) groups excluding carboxylic acids is 1. The van der Waals surface area contributed by atoms with Gasteiger partial charge in [-0.15, -0.1) is 0 Å². The molecule has 2 aliphatic rings. The number of nitrogens with zero attached hydrogens (tertiary/aromatic N) is 1. The molecule has 0 radical (unpaired) electrons. The summed E-state index contributed by atoms with van der Waals surface area (Å²) in [6.07, 6.45) is 4.30. The van der Waals surface area contributed by atoms with Gasteiger partial charge in [-0.1, -0.05) is 0 Å². The van der Waals surface area contributed by atoms with Crippen molar-refractivity contribution >= 4 is 5.91 Å². The van der Waals surface area contributed by atoms with E-state index in [9.17, 15) is 4.79 Å². The van der Waals surface area contributed by atoms with E-state index in [0.717, 1.165) is 32.0 Å². The van der Waals surface area contributed by atoms with E-state index in [-0.39, 0.29) is 5.91 Å². The van der Waals surface area contributed by atoms with Crippen molar-refractivity contribution in [3.8, 4) is 0 Å². The lowest BCUT2D eigenvalue weighted by molar-refractivity contribution is -0.119. The molecule has 2 rings (SSSR count). The Kier molecular flexibility index (Phi) is 5.01. The molecule has 0 aliphatic carbocycles. The molecule has 1 atom stereocenters. The van der Waals surface area contributed by atoms with E-state index in [1.165, 1.54) is 19.4 Å². The topological polar surface area (TPSA) is 44.4 Å². The highest BCUT2D eigenvalue weighted by atomic mass is 16.1. The Bertz CT molecular complexity index is 274. The van der Waals surface area contributed by atoms with Gasteiger partial charge in [-0.3, -0.25) is 9.69 Å². The molecule has 4 nitrogen and oxygen atoms in total. The first-order chi connectivity index (χ1) is 8.65. The first-order valence-electron chi connectivity index (χ1n) is 7.39. The third-order valence-corrected chi connectivity index (χ3v) is 4.22. The number of piperidine rings is 1. The largest absolute Gasteiger partial charge is 0.352 e.